The van der Waals surface area contributed by atoms with Crippen molar-refractivity contribution >= 4 is 23.2 Å². The normalized spacial score (nSPS) is 16.5. The summed E-state index contributed by atoms with van der Waals surface area (Å²) in [5.74, 6) is -0.319. The molecular weight excluding hydrogens is 298 g/mol. The summed E-state index contributed by atoms with van der Waals surface area (Å²) in [4.78, 5) is 25.8. The lowest BCUT2D eigenvalue weighted by atomic mass is 9.80. The van der Waals surface area contributed by atoms with Crippen LogP contribution in [-0.4, -0.2) is 23.9 Å². The molecule has 5 nitrogen and oxygen atoms in total. The highest BCUT2D eigenvalue weighted by atomic mass is 32.1. The van der Waals surface area contributed by atoms with Gasteiger partial charge < -0.3 is 10.6 Å². The molecule has 1 aliphatic carbocycles. The Morgan fingerprint density at radius 1 is 1.32 bits per heavy atom. The Kier molecular flexibility index (Phi) is 5.96. The van der Waals surface area contributed by atoms with Gasteiger partial charge >= 0.3 is 0 Å². The monoisotopic (exact) mass is 319 g/mol. The third-order valence-corrected chi connectivity index (χ3v) is 4.96. The van der Waals surface area contributed by atoms with E-state index >= 15 is 0 Å². The van der Waals surface area contributed by atoms with Crippen molar-refractivity contribution in [2.45, 2.75) is 50.5 Å². The van der Waals surface area contributed by atoms with Crippen molar-refractivity contribution < 1.29 is 9.59 Å². The number of amides is 2. The van der Waals surface area contributed by atoms with E-state index in [1.807, 2.05) is 23.6 Å². The maximum absolute atomic E-state index is 12.4. The van der Waals surface area contributed by atoms with Crippen LogP contribution in [0.1, 0.15) is 43.4 Å². The van der Waals surface area contributed by atoms with E-state index in [9.17, 15) is 9.59 Å². The van der Waals surface area contributed by atoms with Crippen LogP contribution in [0, 0.1) is 11.3 Å². The zero-order chi connectivity index (χ0) is 15.8. The van der Waals surface area contributed by atoms with Crippen LogP contribution in [0.25, 0.3) is 0 Å². The van der Waals surface area contributed by atoms with Crippen molar-refractivity contribution in [2.75, 3.05) is 6.54 Å². The molecule has 1 saturated carbocycles. The average molecular weight is 319 g/mol. The number of carbonyl (C=O) groups is 2. The third-order valence-electron chi connectivity index (χ3n) is 4.03. The number of hydrogen-bond donors (Lipinski definition) is 2. The number of nitrogens with one attached hydrogen (secondary N) is 2. The minimum atomic E-state index is -0.832. The molecule has 2 amide bonds. The standard InChI is InChI=1S/C16H21N3O2S/c17-10-11-18-15(21)16(8-2-1-3-9-16)19-14(20)7-6-13-5-4-12-22-13/h4-5,12H,1-3,6-9,11H2,(H,18,21)(H,19,20). The van der Waals surface area contributed by atoms with E-state index in [0.29, 0.717) is 25.7 Å². The van der Waals surface area contributed by atoms with E-state index in [-0.39, 0.29) is 18.4 Å². The Labute approximate surface area is 134 Å². The molecule has 0 atom stereocenters. The van der Waals surface area contributed by atoms with E-state index in [1.165, 1.54) is 4.88 Å². The van der Waals surface area contributed by atoms with Gasteiger partial charge in [-0.15, -0.1) is 11.3 Å². The van der Waals surface area contributed by atoms with Gasteiger partial charge in [-0.05, 0) is 30.7 Å². The highest BCUT2D eigenvalue weighted by Gasteiger charge is 2.40. The molecule has 1 aromatic heterocycles. The molecule has 0 aliphatic heterocycles. The fourth-order valence-electron chi connectivity index (χ4n) is 2.87. The molecule has 118 valence electrons. The second-order valence-corrected chi connectivity index (χ2v) is 6.64. The summed E-state index contributed by atoms with van der Waals surface area (Å²) in [6.45, 7) is -0.0222. The van der Waals surface area contributed by atoms with Crippen molar-refractivity contribution in [3.05, 3.63) is 22.4 Å². The van der Waals surface area contributed by atoms with Gasteiger partial charge in [-0.2, -0.15) is 5.26 Å². The predicted molar refractivity (Wildman–Crippen MR) is 85.2 cm³/mol. The van der Waals surface area contributed by atoms with Crippen LogP contribution < -0.4 is 10.6 Å². The third kappa shape index (κ3) is 4.31. The first-order valence-electron chi connectivity index (χ1n) is 7.65. The minimum absolute atomic E-state index is 0.0222. The molecule has 1 aliphatic rings. The van der Waals surface area contributed by atoms with Crippen LogP contribution in [0.2, 0.25) is 0 Å². The topological polar surface area (TPSA) is 82.0 Å². The molecule has 1 fully saturated rings. The lowest BCUT2D eigenvalue weighted by Gasteiger charge is -2.36. The first-order valence-corrected chi connectivity index (χ1v) is 8.53. The van der Waals surface area contributed by atoms with Gasteiger partial charge in [-0.1, -0.05) is 25.3 Å². The number of nitrogens with zero attached hydrogens (tertiary/aromatic N) is 1. The molecule has 1 heterocycles. The number of thiophene rings is 1. The zero-order valence-corrected chi connectivity index (χ0v) is 13.4. The van der Waals surface area contributed by atoms with Gasteiger partial charge in [0.15, 0.2) is 0 Å². The van der Waals surface area contributed by atoms with E-state index in [4.69, 9.17) is 5.26 Å². The maximum Gasteiger partial charge on any atom is 0.246 e. The summed E-state index contributed by atoms with van der Waals surface area (Å²) < 4.78 is 0. The molecular formula is C16H21N3O2S. The number of aryl methyl sites for hydroxylation is 1. The van der Waals surface area contributed by atoms with E-state index in [0.717, 1.165) is 19.3 Å². The van der Waals surface area contributed by atoms with E-state index in [1.54, 1.807) is 11.3 Å². The van der Waals surface area contributed by atoms with Crippen molar-refractivity contribution in [3.63, 3.8) is 0 Å². The van der Waals surface area contributed by atoms with E-state index < -0.39 is 5.54 Å². The highest BCUT2D eigenvalue weighted by molar-refractivity contribution is 7.09. The van der Waals surface area contributed by atoms with Gasteiger partial charge in [0.05, 0.1) is 6.07 Å². The highest BCUT2D eigenvalue weighted by Crippen LogP contribution is 2.28. The summed E-state index contributed by atoms with van der Waals surface area (Å²) in [5.41, 5.74) is -0.832. The van der Waals surface area contributed by atoms with Crippen molar-refractivity contribution in [1.29, 1.82) is 5.26 Å². The predicted octanol–water partition coefficient (Wildman–Crippen LogP) is 2.14. The molecule has 0 saturated heterocycles. The number of hydrogen-bond acceptors (Lipinski definition) is 4. The molecule has 2 rings (SSSR count). The van der Waals surface area contributed by atoms with Crippen LogP contribution >= 0.6 is 11.3 Å². The summed E-state index contributed by atoms with van der Waals surface area (Å²) in [6.07, 6.45) is 5.30. The second-order valence-electron chi connectivity index (χ2n) is 5.61. The zero-order valence-electron chi connectivity index (χ0n) is 12.6. The molecule has 0 radical (unpaired) electrons. The molecule has 1 aromatic rings. The Hall–Kier alpha value is -1.87. The summed E-state index contributed by atoms with van der Waals surface area (Å²) >= 11 is 1.63. The van der Waals surface area contributed by atoms with Gasteiger partial charge in [0.2, 0.25) is 11.8 Å². The first-order chi connectivity index (χ1) is 10.7. The number of carbonyl (C=O) groups excluding carboxylic acids is 2. The smallest absolute Gasteiger partial charge is 0.246 e. The second kappa shape index (κ2) is 7.95. The Morgan fingerprint density at radius 3 is 2.73 bits per heavy atom. The first kappa shape index (κ1) is 16.5. The van der Waals surface area contributed by atoms with Gasteiger partial charge in [0.1, 0.15) is 12.1 Å². The van der Waals surface area contributed by atoms with Crippen molar-refractivity contribution in [1.82, 2.24) is 10.6 Å². The Balaban J connectivity index is 1.95. The van der Waals surface area contributed by atoms with Crippen LogP contribution in [0.15, 0.2) is 17.5 Å². The number of rotatable bonds is 6. The Bertz CT molecular complexity index is 542. The van der Waals surface area contributed by atoms with Crippen LogP contribution in [0.4, 0.5) is 0 Å². The van der Waals surface area contributed by atoms with Gasteiger partial charge in [0.25, 0.3) is 0 Å². The summed E-state index contributed by atoms with van der Waals surface area (Å²) in [5, 5.41) is 16.2. The van der Waals surface area contributed by atoms with Gasteiger partial charge in [0, 0.05) is 11.3 Å². The number of nitriles is 1. The van der Waals surface area contributed by atoms with Crippen molar-refractivity contribution in [2.24, 2.45) is 0 Å². The van der Waals surface area contributed by atoms with Crippen molar-refractivity contribution in [3.8, 4) is 6.07 Å². The van der Waals surface area contributed by atoms with Crippen LogP contribution in [-0.2, 0) is 16.0 Å². The van der Waals surface area contributed by atoms with E-state index in [2.05, 4.69) is 10.6 Å². The summed E-state index contributed by atoms with van der Waals surface area (Å²) in [6, 6.07) is 5.88. The largest absolute Gasteiger partial charge is 0.342 e. The lowest BCUT2D eigenvalue weighted by molar-refractivity contribution is -0.134. The molecule has 2 N–H and O–H groups in total. The summed E-state index contributed by atoms with van der Waals surface area (Å²) in [7, 11) is 0. The maximum atomic E-state index is 12.4. The molecule has 0 bridgehead atoms. The molecule has 22 heavy (non-hydrogen) atoms. The molecule has 0 spiro atoms. The average Bonchev–Trinajstić information content (AvgIpc) is 3.05. The Morgan fingerprint density at radius 2 is 2.09 bits per heavy atom. The van der Waals surface area contributed by atoms with Crippen LogP contribution in [0.5, 0.6) is 0 Å². The minimum Gasteiger partial charge on any atom is -0.342 e. The van der Waals surface area contributed by atoms with Gasteiger partial charge in [-0.25, -0.2) is 0 Å². The molecule has 0 aromatic carbocycles. The fraction of sp³-hybridized carbons (Fsp3) is 0.562. The van der Waals surface area contributed by atoms with Gasteiger partial charge in [-0.3, -0.25) is 9.59 Å². The molecule has 6 heteroatoms. The fourth-order valence-corrected chi connectivity index (χ4v) is 3.58. The van der Waals surface area contributed by atoms with Crippen LogP contribution in [0.3, 0.4) is 0 Å². The quantitative estimate of drug-likeness (QED) is 0.788. The lowest BCUT2D eigenvalue weighted by Crippen LogP contribution is -2.59. The SMILES string of the molecule is N#CCNC(=O)C1(NC(=O)CCc2cccs2)CCCCC1. The molecule has 0 unspecified atom stereocenters.